The van der Waals surface area contributed by atoms with Crippen molar-refractivity contribution < 1.29 is 17.9 Å². The van der Waals surface area contributed by atoms with Gasteiger partial charge in [0.1, 0.15) is 10.5 Å². The van der Waals surface area contributed by atoms with Gasteiger partial charge in [0.25, 0.3) is 5.56 Å². The number of benzene rings is 1. The summed E-state index contributed by atoms with van der Waals surface area (Å²) in [6.07, 6.45) is 1.77. The third-order valence-corrected chi connectivity index (χ3v) is 6.92. The zero-order chi connectivity index (χ0) is 21.2. The van der Waals surface area contributed by atoms with Gasteiger partial charge in [-0.3, -0.25) is 4.79 Å². The number of sulfonamides is 1. The van der Waals surface area contributed by atoms with Gasteiger partial charge in [0, 0.05) is 33.5 Å². The molecule has 0 saturated carbocycles. The van der Waals surface area contributed by atoms with Gasteiger partial charge in [-0.2, -0.15) is 9.29 Å². The predicted molar refractivity (Wildman–Crippen MR) is 111 cm³/mol. The summed E-state index contributed by atoms with van der Waals surface area (Å²) in [5.74, 6) is 0. The van der Waals surface area contributed by atoms with Crippen LogP contribution in [0.2, 0.25) is 5.02 Å². The Morgan fingerprint density at radius 1 is 1.14 bits per heavy atom. The number of fused-ring (bicyclic) bond motifs is 3. The van der Waals surface area contributed by atoms with E-state index < -0.39 is 15.6 Å². The first-order valence-electron chi connectivity index (χ1n) is 8.90. The van der Waals surface area contributed by atoms with E-state index in [1.54, 1.807) is 16.7 Å². The Morgan fingerprint density at radius 3 is 2.41 bits per heavy atom. The quantitative estimate of drug-likeness (QED) is 0.499. The molecule has 29 heavy (non-hydrogen) atoms. The normalized spacial score (nSPS) is 12.3. The number of ether oxygens (including phenoxy) is 2. The Kier molecular flexibility index (Phi) is 6.55. The summed E-state index contributed by atoms with van der Waals surface area (Å²) >= 11 is 6.38. The van der Waals surface area contributed by atoms with Gasteiger partial charge in [-0.25, -0.2) is 8.42 Å². The van der Waals surface area contributed by atoms with E-state index in [1.807, 2.05) is 13.0 Å². The number of halogens is 1. The fraction of sp³-hybridized carbons (Fsp3) is 0.368. The topological polar surface area (TPSA) is 90.2 Å². The van der Waals surface area contributed by atoms with Crippen molar-refractivity contribution in [1.29, 1.82) is 0 Å². The van der Waals surface area contributed by atoms with Gasteiger partial charge in [0.2, 0.25) is 10.0 Å². The average molecular weight is 440 g/mol. The molecule has 0 radical (unpaired) electrons. The largest absolute Gasteiger partial charge is 0.383 e. The van der Waals surface area contributed by atoms with E-state index >= 15 is 0 Å². The van der Waals surface area contributed by atoms with E-state index in [2.05, 4.69) is 4.98 Å². The molecule has 2 aromatic heterocycles. The van der Waals surface area contributed by atoms with E-state index in [9.17, 15) is 13.2 Å². The van der Waals surface area contributed by atoms with Crippen LogP contribution in [-0.2, 0) is 19.5 Å². The summed E-state index contributed by atoms with van der Waals surface area (Å²) in [6.45, 7) is 2.58. The molecule has 10 heteroatoms. The number of rotatable bonds is 8. The second-order valence-corrected chi connectivity index (χ2v) is 8.85. The zero-order valence-electron chi connectivity index (χ0n) is 16.4. The molecule has 0 bridgehead atoms. The second-order valence-electron chi connectivity index (χ2n) is 6.54. The van der Waals surface area contributed by atoms with Crippen LogP contribution in [0.25, 0.3) is 16.6 Å². The molecule has 0 fully saturated rings. The number of aryl methyl sites for hydroxylation is 1. The van der Waals surface area contributed by atoms with Crippen LogP contribution < -0.4 is 5.56 Å². The molecule has 3 aromatic rings. The first-order chi connectivity index (χ1) is 13.8. The van der Waals surface area contributed by atoms with Crippen LogP contribution in [0.15, 0.2) is 40.2 Å². The standard InChI is InChI=1S/C19H22ClN3O5S/c1-13-4-5-23-16-12-15(20)17(11-14(16)19(24)21-18(23)10-13)29(25,26)22(6-8-27-2)7-9-28-3/h4-5,10-12H,6-9H2,1-3H3. The first kappa shape index (κ1) is 21.7. The Balaban J connectivity index is 2.20. The summed E-state index contributed by atoms with van der Waals surface area (Å²) in [4.78, 5) is 16.5. The van der Waals surface area contributed by atoms with Crippen LogP contribution in [0, 0.1) is 6.92 Å². The molecule has 2 heterocycles. The molecule has 3 rings (SSSR count). The smallest absolute Gasteiger partial charge is 0.281 e. The molecular formula is C19H22ClN3O5S. The fourth-order valence-electron chi connectivity index (χ4n) is 3.03. The molecule has 0 amide bonds. The number of hydrogen-bond acceptors (Lipinski definition) is 6. The second kappa shape index (κ2) is 8.76. The Bertz CT molecular complexity index is 1200. The highest BCUT2D eigenvalue weighted by atomic mass is 35.5. The molecule has 0 aliphatic heterocycles. The fourth-order valence-corrected chi connectivity index (χ4v) is 4.96. The first-order valence-corrected chi connectivity index (χ1v) is 10.7. The monoisotopic (exact) mass is 439 g/mol. The van der Waals surface area contributed by atoms with Crippen molar-refractivity contribution in [3.63, 3.8) is 0 Å². The summed E-state index contributed by atoms with van der Waals surface area (Å²) in [5, 5.41) is 0.199. The number of nitrogens with zero attached hydrogens (tertiary/aromatic N) is 3. The minimum absolute atomic E-state index is 0.0253. The maximum atomic E-state index is 13.2. The van der Waals surface area contributed by atoms with Crippen molar-refractivity contribution >= 4 is 38.2 Å². The van der Waals surface area contributed by atoms with Gasteiger partial charge in [-0.1, -0.05) is 11.6 Å². The third kappa shape index (κ3) is 4.29. The molecule has 0 aliphatic carbocycles. The molecule has 0 atom stereocenters. The van der Waals surface area contributed by atoms with Gasteiger partial charge in [-0.05, 0) is 36.8 Å². The van der Waals surface area contributed by atoms with Crippen molar-refractivity contribution in [1.82, 2.24) is 13.7 Å². The highest BCUT2D eigenvalue weighted by molar-refractivity contribution is 7.89. The van der Waals surface area contributed by atoms with Gasteiger partial charge in [0.15, 0.2) is 0 Å². The summed E-state index contributed by atoms with van der Waals surface area (Å²) < 4.78 is 39.4. The Morgan fingerprint density at radius 2 is 1.79 bits per heavy atom. The molecular weight excluding hydrogens is 418 g/mol. The highest BCUT2D eigenvalue weighted by Gasteiger charge is 2.27. The lowest BCUT2D eigenvalue weighted by Crippen LogP contribution is -2.36. The number of hydrogen-bond donors (Lipinski definition) is 0. The Labute approximate surface area is 173 Å². The lowest BCUT2D eigenvalue weighted by Gasteiger charge is -2.22. The van der Waals surface area contributed by atoms with Gasteiger partial charge < -0.3 is 13.9 Å². The zero-order valence-corrected chi connectivity index (χ0v) is 18.0. The minimum atomic E-state index is -3.98. The maximum absolute atomic E-state index is 13.2. The molecule has 0 spiro atoms. The van der Waals surface area contributed by atoms with E-state index in [-0.39, 0.29) is 41.6 Å². The van der Waals surface area contributed by atoms with E-state index in [0.717, 1.165) is 5.56 Å². The predicted octanol–water partition coefficient (Wildman–Crippen LogP) is 2.09. The van der Waals surface area contributed by atoms with Crippen LogP contribution in [0.5, 0.6) is 0 Å². The molecule has 0 N–H and O–H groups in total. The van der Waals surface area contributed by atoms with Crippen molar-refractivity contribution in [2.24, 2.45) is 0 Å². The van der Waals surface area contributed by atoms with E-state index in [0.29, 0.717) is 11.2 Å². The highest BCUT2D eigenvalue weighted by Crippen LogP contribution is 2.29. The van der Waals surface area contributed by atoms with Crippen LogP contribution in [0.3, 0.4) is 0 Å². The molecule has 0 saturated heterocycles. The Hall–Kier alpha value is -2.04. The SMILES string of the molecule is COCCN(CCOC)S(=O)(=O)c1cc2c(=O)nc3cc(C)ccn3c2cc1Cl. The summed E-state index contributed by atoms with van der Waals surface area (Å²) in [7, 11) is -1.000. The van der Waals surface area contributed by atoms with Gasteiger partial charge in [0.05, 0.1) is 29.1 Å². The summed E-state index contributed by atoms with van der Waals surface area (Å²) in [5.41, 5.74) is 1.40. The van der Waals surface area contributed by atoms with Crippen molar-refractivity contribution in [3.05, 3.63) is 51.4 Å². The van der Waals surface area contributed by atoms with Crippen LogP contribution in [0.4, 0.5) is 0 Å². The van der Waals surface area contributed by atoms with Crippen molar-refractivity contribution in [2.45, 2.75) is 11.8 Å². The van der Waals surface area contributed by atoms with E-state index in [1.165, 1.54) is 30.7 Å². The average Bonchev–Trinajstić information content (AvgIpc) is 2.67. The lowest BCUT2D eigenvalue weighted by atomic mass is 10.2. The molecule has 8 nitrogen and oxygen atoms in total. The number of aromatic nitrogens is 2. The number of pyridine rings is 1. The molecule has 0 unspecified atom stereocenters. The van der Waals surface area contributed by atoms with Crippen molar-refractivity contribution in [2.75, 3.05) is 40.5 Å². The van der Waals surface area contributed by atoms with Crippen LogP contribution in [-0.4, -0.2) is 62.6 Å². The van der Waals surface area contributed by atoms with Crippen molar-refractivity contribution in [3.8, 4) is 0 Å². The molecule has 156 valence electrons. The van der Waals surface area contributed by atoms with E-state index in [4.69, 9.17) is 21.1 Å². The number of methoxy groups -OCH3 is 2. The van der Waals surface area contributed by atoms with Gasteiger partial charge in [-0.15, -0.1) is 0 Å². The lowest BCUT2D eigenvalue weighted by molar-refractivity contribution is 0.150. The van der Waals surface area contributed by atoms with Crippen LogP contribution in [0.1, 0.15) is 5.56 Å². The van der Waals surface area contributed by atoms with Gasteiger partial charge >= 0.3 is 0 Å². The third-order valence-electron chi connectivity index (χ3n) is 4.55. The minimum Gasteiger partial charge on any atom is -0.383 e. The van der Waals surface area contributed by atoms with Crippen LogP contribution >= 0.6 is 11.6 Å². The molecule has 0 aliphatic rings. The molecule has 1 aromatic carbocycles. The summed E-state index contributed by atoms with van der Waals surface area (Å²) in [6, 6.07) is 6.42. The maximum Gasteiger partial charge on any atom is 0.281 e.